The highest BCUT2D eigenvalue weighted by Gasteiger charge is 2.35. The van der Waals surface area contributed by atoms with Crippen LogP contribution in [0.1, 0.15) is 12.5 Å². The van der Waals surface area contributed by atoms with Crippen LogP contribution in [-0.4, -0.2) is 20.7 Å². The van der Waals surface area contributed by atoms with Crippen LogP contribution in [0.25, 0.3) is 0 Å². The molecule has 0 saturated heterocycles. The van der Waals surface area contributed by atoms with E-state index in [1.807, 2.05) is 0 Å². The first kappa shape index (κ1) is 16.7. The summed E-state index contributed by atoms with van der Waals surface area (Å²) in [5.74, 6) is -0.935. The normalized spacial score (nSPS) is 9.86. The molecule has 0 spiro atoms. The third-order valence-electron chi connectivity index (χ3n) is 2.51. The maximum Gasteiger partial charge on any atom is 0.359 e. The number of carbonyl (C=O) groups excluding carboxylic acids is 1. The summed E-state index contributed by atoms with van der Waals surface area (Å²) in [5.41, 5.74) is -3.48. The van der Waals surface area contributed by atoms with Gasteiger partial charge in [-0.3, -0.25) is 30.3 Å². The molecule has 11 heteroatoms. The molecule has 1 aromatic carbocycles. The molecule has 0 aliphatic heterocycles. The van der Waals surface area contributed by atoms with E-state index in [0.29, 0.717) is 6.07 Å². The lowest BCUT2D eigenvalue weighted by molar-refractivity contribution is -0.425. The lowest BCUT2D eigenvalue weighted by atomic mass is 10.1. The van der Waals surface area contributed by atoms with Crippen molar-refractivity contribution in [2.24, 2.45) is 0 Å². The summed E-state index contributed by atoms with van der Waals surface area (Å²) in [6.07, 6.45) is 0. The molecular weight excluding hydrogens is 302 g/mol. The lowest BCUT2D eigenvalue weighted by Crippen LogP contribution is -2.10. The molecule has 0 amide bonds. The van der Waals surface area contributed by atoms with Crippen LogP contribution in [0, 0.1) is 30.3 Å². The number of hydrogen-bond acceptors (Lipinski definition) is 8. The van der Waals surface area contributed by atoms with Gasteiger partial charge >= 0.3 is 17.3 Å². The monoisotopic (exact) mass is 311 g/mol. The summed E-state index contributed by atoms with van der Waals surface area (Å²) in [6.45, 7) is 3.72. The summed E-state index contributed by atoms with van der Waals surface area (Å²) < 4.78 is 4.64. The van der Waals surface area contributed by atoms with Gasteiger partial charge in [0.05, 0.1) is 14.8 Å². The molecule has 0 fully saturated rings. The molecule has 0 heterocycles. The van der Waals surface area contributed by atoms with Crippen LogP contribution in [0.4, 0.5) is 17.1 Å². The first-order valence-corrected chi connectivity index (χ1v) is 5.58. The van der Waals surface area contributed by atoms with E-state index in [1.165, 1.54) is 6.92 Å². The SMILES string of the molecule is C=C(C)C(=O)OCc1c([N+](=O)[O-])ccc([N+](=O)[O-])c1[N+](=O)[O-]. The molecule has 116 valence electrons. The van der Waals surface area contributed by atoms with Gasteiger partial charge in [-0.2, -0.15) is 0 Å². The molecule has 0 aromatic heterocycles. The Morgan fingerprint density at radius 2 is 1.59 bits per heavy atom. The predicted molar refractivity (Wildman–Crippen MR) is 71.0 cm³/mol. The van der Waals surface area contributed by atoms with E-state index in [-0.39, 0.29) is 5.57 Å². The van der Waals surface area contributed by atoms with E-state index in [9.17, 15) is 35.1 Å². The van der Waals surface area contributed by atoms with Gasteiger partial charge in [-0.15, -0.1) is 0 Å². The predicted octanol–water partition coefficient (Wildman–Crippen LogP) is 2.03. The number of hydrogen-bond donors (Lipinski definition) is 0. The van der Waals surface area contributed by atoms with Crippen LogP contribution >= 0.6 is 0 Å². The molecule has 1 rings (SSSR count). The zero-order valence-corrected chi connectivity index (χ0v) is 11.2. The van der Waals surface area contributed by atoms with Gasteiger partial charge in [0.15, 0.2) is 5.56 Å². The van der Waals surface area contributed by atoms with Crippen LogP contribution in [0.2, 0.25) is 0 Å². The molecule has 0 aliphatic rings. The number of esters is 1. The van der Waals surface area contributed by atoms with Gasteiger partial charge < -0.3 is 4.74 Å². The number of carbonyl (C=O) groups is 1. The number of nitro groups is 3. The van der Waals surface area contributed by atoms with Crippen molar-refractivity contribution in [1.82, 2.24) is 0 Å². The minimum absolute atomic E-state index is 0.0317. The number of nitro benzene ring substituents is 3. The standard InChI is InChI=1S/C11H9N3O8/c1-6(2)11(15)22-5-7-8(12(16)17)3-4-9(13(18)19)10(7)14(20)21/h3-4H,1,5H2,2H3. The Hall–Kier alpha value is -3.37. The first-order valence-electron chi connectivity index (χ1n) is 5.58. The maximum absolute atomic E-state index is 11.3. The molecule has 0 radical (unpaired) electrons. The van der Waals surface area contributed by atoms with Crippen molar-refractivity contribution in [3.05, 3.63) is 60.2 Å². The Morgan fingerprint density at radius 1 is 1.09 bits per heavy atom. The zero-order chi connectivity index (χ0) is 17.0. The molecule has 0 unspecified atom stereocenters. The third kappa shape index (κ3) is 3.39. The maximum atomic E-state index is 11.3. The van der Waals surface area contributed by atoms with Crippen molar-refractivity contribution in [2.45, 2.75) is 13.5 Å². The number of nitrogens with zero attached hydrogens (tertiary/aromatic N) is 3. The van der Waals surface area contributed by atoms with Gasteiger partial charge in [-0.1, -0.05) is 6.58 Å². The highest BCUT2D eigenvalue weighted by Crippen LogP contribution is 2.37. The van der Waals surface area contributed by atoms with Gasteiger partial charge in [0.1, 0.15) is 6.61 Å². The van der Waals surface area contributed by atoms with Crippen LogP contribution in [0.15, 0.2) is 24.3 Å². The second kappa shape index (κ2) is 6.39. The van der Waals surface area contributed by atoms with E-state index < -0.39 is 50.0 Å². The smallest absolute Gasteiger partial charge is 0.359 e. The van der Waals surface area contributed by atoms with Crippen molar-refractivity contribution in [1.29, 1.82) is 0 Å². The van der Waals surface area contributed by atoms with Crippen LogP contribution in [0.5, 0.6) is 0 Å². The van der Waals surface area contributed by atoms with Crippen molar-refractivity contribution in [2.75, 3.05) is 0 Å². The highest BCUT2D eigenvalue weighted by molar-refractivity contribution is 5.87. The largest absolute Gasteiger partial charge is 0.457 e. The van der Waals surface area contributed by atoms with Crippen LogP contribution in [-0.2, 0) is 16.1 Å². The number of ether oxygens (including phenoxy) is 1. The third-order valence-corrected chi connectivity index (χ3v) is 2.51. The van der Waals surface area contributed by atoms with Crippen molar-refractivity contribution >= 4 is 23.0 Å². The summed E-state index contributed by atoms with van der Waals surface area (Å²) in [7, 11) is 0. The van der Waals surface area contributed by atoms with Crippen molar-refractivity contribution in [3.8, 4) is 0 Å². The van der Waals surface area contributed by atoms with Gasteiger partial charge in [0, 0.05) is 17.7 Å². The zero-order valence-electron chi connectivity index (χ0n) is 11.2. The Kier molecular flexibility index (Phi) is 4.84. The van der Waals surface area contributed by atoms with Gasteiger partial charge in [0.2, 0.25) is 0 Å². The fourth-order valence-corrected chi connectivity index (χ4v) is 1.54. The Balaban J connectivity index is 3.47. The molecule has 0 bridgehead atoms. The number of rotatable bonds is 6. The average Bonchev–Trinajstić information content (AvgIpc) is 2.42. The first-order chi connectivity index (χ1) is 10.2. The second-order valence-corrected chi connectivity index (χ2v) is 4.06. The summed E-state index contributed by atoms with van der Waals surface area (Å²) in [6, 6.07) is 1.40. The van der Waals surface area contributed by atoms with Gasteiger partial charge in [0.25, 0.3) is 5.69 Å². The Labute approximate surface area is 122 Å². The fraction of sp³-hybridized carbons (Fsp3) is 0.182. The quantitative estimate of drug-likeness (QED) is 0.334. The summed E-state index contributed by atoms with van der Waals surface area (Å²) in [4.78, 5) is 40.9. The molecule has 22 heavy (non-hydrogen) atoms. The average molecular weight is 311 g/mol. The molecule has 11 nitrogen and oxygen atoms in total. The van der Waals surface area contributed by atoms with Crippen molar-refractivity contribution < 1.29 is 24.3 Å². The van der Waals surface area contributed by atoms with Gasteiger partial charge in [-0.05, 0) is 6.92 Å². The lowest BCUT2D eigenvalue weighted by Gasteiger charge is -2.06. The van der Waals surface area contributed by atoms with E-state index in [0.717, 1.165) is 6.07 Å². The molecule has 0 saturated carbocycles. The van der Waals surface area contributed by atoms with E-state index in [4.69, 9.17) is 0 Å². The molecule has 0 atom stereocenters. The minimum atomic E-state index is -1.13. The highest BCUT2D eigenvalue weighted by atomic mass is 16.6. The molecule has 0 aliphatic carbocycles. The van der Waals surface area contributed by atoms with E-state index >= 15 is 0 Å². The molecule has 1 aromatic rings. The van der Waals surface area contributed by atoms with Crippen LogP contribution in [0.3, 0.4) is 0 Å². The van der Waals surface area contributed by atoms with Gasteiger partial charge in [-0.25, -0.2) is 4.79 Å². The fourth-order valence-electron chi connectivity index (χ4n) is 1.54. The van der Waals surface area contributed by atoms with Crippen LogP contribution < -0.4 is 0 Å². The second-order valence-electron chi connectivity index (χ2n) is 4.06. The number of benzene rings is 1. The molecular formula is C11H9N3O8. The summed E-state index contributed by atoms with van der Waals surface area (Å²) in [5, 5.41) is 32.7. The van der Waals surface area contributed by atoms with E-state index in [1.54, 1.807) is 0 Å². The minimum Gasteiger partial charge on any atom is -0.457 e. The Bertz CT molecular complexity index is 697. The molecule has 0 N–H and O–H groups in total. The topological polar surface area (TPSA) is 156 Å². The van der Waals surface area contributed by atoms with E-state index in [2.05, 4.69) is 11.3 Å². The van der Waals surface area contributed by atoms with Crippen molar-refractivity contribution in [3.63, 3.8) is 0 Å². The summed E-state index contributed by atoms with van der Waals surface area (Å²) >= 11 is 0. The Morgan fingerprint density at radius 3 is 2.00 bits per heavy atom.